The van der Waals surface area contributed by atoms with Crippen LogP contribution in [0.3, 0.4) is 0 Å². The number of aliphatic hydroxyl groups excluding tert-OH is 1. The lowest BCUT2D eigenvalue weighted by Crippen LogP contribution is -2.29. The van der Waals surface area contributed by atoms with E-state index in [-0.39, 0.29) is 11.3 Å². The average molecular weight is 486 g/mol. The SMILES string of the molecule is COc1ccc(/C(O)=C2\C(=O)C(=O)N(c3cccc(C)c3)C2c2cccc(OCC(C)C)c2)cc1C. The number of Topliss-reactive ketones (excluding diaryl/α,β-unsaturated/α-hetero) is 1. The normalized spacial score (nSPS) is 17.1. The van der Waals surface area contributed by atoms with Crippen LogP contribution < -0.4 is 14.4 Å². The van der Waals surface area contributed by atoms with Gasteiger partial charge in [-0.05, 0) is 78.9 Å². The molecule has 6 heteroatoms. The fraction of sp³-hybridized carbons (Fsp3) is 0.267. The lowest BCUT2D eigenvalue weighted by molar-refractivity contribution is -0.132. The number of carbonyl (C=O) groups excluding carboxylic acids is 2. The molecule has 1 saturated heterocycles. The van der Waals surface area contributed by atoms with Crippen molar-refractivity contribution in [3.05, 3.63) is 94.6 Å². The second-order valence-electron chi connectivity index (χ2n) is 9.47. The Morgan fingerprint density at radius 1 is 1.00 bits per heavy atom. The molecule has 1 N–H and O–H groups in total. The number of hydrogen-bond acceptors (Lipinski definition) is 5. The first-order valence-electron chi connectivity index (χ1n) is 12.0. The van der Waals surface area contributed by atoms with Crippen LogP contribution in [0, 0.1) is 19.8 Å². The summed E-state index contributed by atoms with van der Waals surface area (Å²) in [5.74, 6) is -0.0147. The van der Waals surface area contributed by atoms with Gasteiger partial charge in [0.2, 0.25) is 0 Å². The van der Waals surface area contributed by atoms with Crippen LogP contribution in [0.5, 0.6) is 11.5 Å². The fourth-order valence-electron chi connectivity index (χ4n) is 4.41. The van der Waals surface area contributed by atoms with E-state index in [1.807, 2.05) is 56.3 Å². The summed E-state index contributed by atoms with van der Waals surface area (Å²) in [6.45, 7) is 8.44. The zero-order valence-electron chi connectivity index (χ0n) is 21.2. The predicted molar refractivity (Wildman–Crippen MR) is 140 cm³/mol. The van der Waals surface area contributed by atoms with Crippen molar-refractivity contribution < 1.29 is 24.2 Å². The lowest BCUT2D eigenvalue weighted by Gasteiger charge is -2.26. The number of nitrogens with zero attached hydrogens (tertiary/aromatic N) is 1. The molecule has 1 atom stereocenters. The van der Waals surface area contributed by atoms with Gasteiger partial charge in [-0.15, -0.1) is 0 Å². The van der Waals surface area contributed by atoms with E-state index < -0.39 is 17.7 Å². The molecular weight excluding hydrogens is 454 g/mol. The van der Waals surface area contributed by atoms with Gasteiger partial charge in [-0.2, -0.15) is 0 Å². The monoisotopic (exact) mass is 485 g/mol. The Hall–Kier alpha value is -4.06. The Bertz CT molecular complexity index is 1340. The van der Waals surface area contributed by atoms with Gasteiger partial charge in [-0.3, -0.25) is 14.5 Å². The van der Waals surface area contributed by atoms with Crippen LogP contribution in [-0.2, 0) is 9.59 Å². The largest absolute Gasteiger partial charge is 0.507 e. The molecule has 1 unspecified atom stereocenters. The number of aryl methyl sites for hydroxylation is 2. The van der Waals surface area contributed by atoms with Gasteiger partial charge in [0.05, 0.1) is 25.3 Å². The molecule has 0 bridgehead atoms. The molecule has 1 aliphatic heterocycles. The first kappa shape index (κ1) is 25.0. The minimum absolute atomic E-state index is 0.0343. The molecule has 6 nitrogen and oxygen atoms in total. The topological polar surface area (TPSA) is 76.1 Å². The smallest absolute Gasteiger partial charge is 0.300 e. The van der Waals surface area contributed by atoms with E-state index in [1.165, 1.54) is 4.90 Å². The Labute approximate surface area is 211 Å². The average Bonchev–Trinajstić information content (AvgIpc) is 3.12. The van der Waals surface area contributed by atoms with Crippen molar-refractivity contribution in [2.24, 2.45) is 5.92 Å². The number of ketones is 1. The first-order valence-corrected chi connectivity index (χ1v) is 12.0. The molecule has 0 spiro atoms. The summed E-state index contributed by atoms with van der Waals surface area (Å²) in [5, 5.41) is 11.4. The van der Waals surface area contributed by atoms with Gasteiger partial charge in [-0.25, -0.2) is 0 Å². The summed E-state index contributed by atoms with van der Waals surface area (Å²) in [6, 6.07) is 19.1. The van der Waals surface area contributed by atoms with Crippen molar-refractivity contribution in [1.82, 2.24) is 0 Å². The highest BCUT2D eigenvalue weighted by atomic mass is 16.5. The number of benzene rings is 3. The van der Waals surface area contributed by atoms with Crippen LogP contribution >= 0.6 is 0 Å². The maximum Gasteiger partial charge on any atom is 0.300 e. The summed E-state index contributed by atoms with van der Waals surface area (Å²) < 4.78 is 11.3. The summed E-state index contributed by atoms with van der Waals surface area (Å²) >= 11 is 0. The molecular formula is C30H31NO5. The standard InChI is InChI=1S/C30H31NO5/c1-18(2)17-36-24-11-7-9-21(16-24)27-26(28(32)22-12-13-25(35-5)20(4)15-22)29(33)30(34)31(27)23-10-6-8-19(3)14-23/h6-16,18,27,32H,17H2,1-5H3/b28-26+. The molecule has 1 fully saturated rings. The second-order valence-corrected chi connectivity index (χ2v) is 9.47. The number of aliphatic hydroxyl groups is 1. The minimum atomic E-state index is -0.822. The molecule has 3 aromatic rings. The van der Waals surface area contributed by atoms with Crippen molar-refractivity contribution in [1.29, 1.82) is 0 Å². The zero-order chi connectivity index (χ0) is 26.0. The van der Waals surface area contributed by atoms with E-state index in [1.54, 1.807) is 31.4 Å². The van der Waals surface area contributed by atoms with E-state index in [0.717, 1.165) is 11.1 Å². The number of amides is 1. The van der Waals surface area contributed by atoms with Gasteiger partial charge in [0.25, 0.3) is 11.7 Å². The van der Waals surface area contributed by atoms with Crippen LogP contribution in [0.4, 0.5) is 5.69 Å². The number of hydrogen-bond donors (Lipinski definition) is 1. The number of carbonyl (C=O) groups is 2. The molecule has 36 heavy (non-hydrogen) atoms. The van der Waals surface area contributed by atoms with Gasteiger partial charge >= 0.3 is 0 Å². The third-order valence-electron chi connectivity index (χ3n) is 6.15. The van der Waals surface area contributed by atoms with Crippen molar-refractivity contribution in [3.8, 4) is 11.5 Å². The van der Waals surface area contributed by atoms with Crippen LogP contribution in [-0.4, -0.2) is 30.5 Å². The molecule has 1 aliphatic rings. The molecule has 4 rings (SSSR count). The number of anilines is 1. The highest BCUT2D eigenvalue weighted by Gasteiger charge is 2.47. The van der Waals surface area contributed by atoms with Crippen LogP contribution in [0.1, 0.15) is 42.1 Å². The van der Waals surface area contributed by atoms with Crippen LogP contribution in [0.2, 0.25) is 0 Å². The molecule has 0 radical (unpaired) electrons. The summed E-state index contributed by atoms with van der Waals surface area (Å²) in [6.07, 6.45) is 0. The third kappa shape index (κ3) is 4.85. The van der Waals surface area contributed by atoms with Gasteiger partial charge in [0.1, 0.15) is 17.3 Å². The Morgan fingerprint density at radius 3 is 2.42 bits per heavy atom. The predicted octanol–water partition coefficient (Wildman–Crippen LogP) is 5.97. The highest BCUT2D eigenvalue weighted by Crippen LogP contribution is 2.43. The number of rotatable bonds is 7. The van der Waals surface area contributed by atoms with Crippen molar-refractivity contribution in [2.45, 2.75) is 33.7 Å². The van der Waals surface area contributed by atoms with Gasteiger partial charge in [0, 0.05) is 11.3 Å². The molecule has 0 aromatic heterocycles. The molecule has 0 saturated carbocycles. The second kappa shape index (κ2) is 10.3. The Kier molecular flexibility index (Phi) is 7.15. The lowest BCUT2D eigenvalue weighted by atomic mass is 9.94. The molecule has 0 aliphatic carbocycles. The van der Waals surface area contributed by atoms with E-state index >= 15 is 0 Å². The van der Waals surface area contributed by atoms with Gasteiger partial charge in [-0.1, -0.05) is 38.1 Å². The Balaban J connectivity index is 1.90. The number of methoxy groups -OCH3 is 1. The number of ether oxygens (including phenoxy) is 2. The van der Waals surface area contributed by atoms with E-state index in [0.29, 0.717) is 40.8 Å². The molecule has 3 aromatic carbocycles. The Morgan fingerprint density at radius 2 is 1.75 bits per heavy atom. The van der Waals surface area contributed by atoms with Gasteiger partial charge < -0.3 is 14.6 Å². The molecule has 1 amide bonds. The summed E-state index contributed by atoms with van der Waals surface area (Å²) in [7, 11) is 1.57. The minimum Gasteiger partial charge on any atom is -0.507 e. The van der Waals surface area contributed by atoms with E-state index in [2.05, 4.69) is 13.8 Å². The summed E-state index contributed by atoms with van der Waals surface area (Å²) in [5.41, 5.74) is 3.48. The maximum absolute atomic E-state index is 13.4. The highest BCUT2D eigenvalue weighted by molar-refractivity contribution is 6.51. The quantitative estimate of drug-likeness (QED) is 0.253. The molecule has 186 valence electrons. The first-order chi connectivity index (χ1) is 17.2. The summed E-state index contributed by atoms with van der Waals surface area (Å²) in [4.78, 5) is 28.3. The maximum atomic E-state index is 13.4. The van der Waals surface area contributed by atoms with Crippen molar-refractivity contribution >= 4 is 23.1 Å². The van der Waals surface area contributed by atoms with E-state index in [4.69, 9.17) is 9.47 Å². The molecule has 1 heterocycles. The van der Waals surface area contributed by atoms with Crippen LogP contribution in [0.15, 0.2) is 72.3 Å². The van der Waals surface area contributed by atoms with Crippen LogP contribution in [0.25, 0.3) is 5.76 Å². The third-order valence-corrected chi connectivity index (χ3v) is 6.15. The van der Waals surface area contributed by atoms with Gasteiger partial charge in [0.15, 0.2) is 0 Å². The van der Waals surface area contributed by atoms with Crippen molar-refractivity contribution in [2.75, 3.05) is 18.6 Å². The zero-order valence-corrected chi connectivity index (χ0v) is 21.2. The fourth-order valence-corrected chi connectivity index (χ4v) is 4.41. The van der Waals surface area contributed by atoms with Crippen molar-refractivity contribution in [3.63, 3.8) is 0 Å². The van der Waals surface area contributed by atoms with E-state index in [9.17, 15) is 14.7 Å².